The van der Waals surface area contributed by atoms with Gasteiger partial charge < -0.3 is 5.73 Å². The molecule has 2 aromatic carbocycles. The van der Waals surface area contributed by atoms with E-state index in [1.54, 1.807) is 0 Å². The smallest absolute Gasteiger partial charge is 0.280 e. The summed E-state index contributed by atoms with van der Waals surface area (Å²) in [7, 11) is 0. The van der Waals surface area contributed by atoms with Crippen LogP contribution in [0.25, 0.3) is 33.7 Å². The predicted molar refractivity (Wildman–Crippen MR) is 93.2 cm³/mol. The zero-order chi connectivity index (χ0) is 16.5. The average Bonchev–Trinajstić information content (AvgIpc) is 2.62. The number of H-pyrrole nitrogens is 1. The number of nitrogens with one attached hydrogen (secondary N) is 1. The van der Waals surface area contributed by atoms with E-state index in [9.17, 15) is 4.79 Å². The van der Waals surface area contributed by atoms with E-state index in [1.807, 2.05) is 60.7 Å². The van der Waals surface area contributed by atoms with Gasteiger partial charge in [-0.05, 0) is 0 Å². The quantitative estimate of drug-likeness (QED) is 0.592. The van der Waals surface area contributed by atoms with Crippen molar-refractivity contribution in [2.24, 2.45) is 0 Å². The lowest BCUT2D eigenvalue weighted by atomic mass is 10.0. The minimum Gasteiger partial charge on any atom is -0.369 e. The van der Waals surface area contributed by atoms with Crippen molar-refractivity contribution in [3.63, 3.8) is 0 Å². The van der Waals surface area contributed by atoms with Crippen molar-refractivity contribution in [2.75, 3.05) is 5.73 Å². The fraction of sp³-hybridized carbons (Fsp3) is 0. The van der Waals surface area contributed by atoms with E-state index in [4.69, 9.17) is 5.73 Å². The molecule has 0 radical (unpaired) electrons. The molecule has 2 aromatic heterocycles. The SMILES string of the molecule is Nc1nc2nc(-c3ccccc3)c(-c3ccccc3)nc2c(=O)[nH]1. The average molecular weight is 315 g/mol. The molecule has 116 valence electrons. The normalized spacial score (nSPS) is 10.8. The lowest BCUT2D eigenvalue weighted by molar-refractivity contribution is 1.13. The Balaban J connectivity index is 2.10. The third kappa shape index (κ3) is 2.40. The summed E-state index contributed by atoms with van der Waals surface area (Å²) in [6.45, 7) is 0. The maximum atomic E-state index is 12.2. The first-order valence-corrected chi connectivity index (χ1v) is 7.41. The molecule has 0 aliphatic carbocycles. The highest BCUT2D eigenvalue weighted by Crippen LogP contribution is 2.29. The Bertz CT molecular complexity index is 1080. The van der Waals surface area contributed by atoms with Gasteiger partial charge in [-0.3, -0.25) is 9.78 Å². The van der Waals surface area contributed by atoms with Gasteiger partial charge in [0.25, 0.3) is 5.56 Å². The number of aromatic amines is 1. The fourth-order valence-electron chi connectivity index (χ4n) is 2.57. The second-order valence-corrected chi connectivity index (χ2v) is 5.28. The van der Waals surface area contributed by atoms with E-state index in [0.717, 1.165) is 11.1 Å². The van der Waals surface area contributed by atoms with Gasteiger partial charge in [-0.25, -0.2) is 9.97 Å². The lowest BCUT2D eigenvalue weighted by Gasteiger charge is -2.09. The van der Waals surface area contributed by atoms with Gasteiger partial charge in [0.05, 0.1) is 11.4 Å². The Morgan fingerprint density at radius 1 is 0.750 bits per heavy atom. The summed E-state index contributed by atoms with van der Waals surface area (Å²) in [5.74, 6) is 0.0215. The summed E-state index contributed by atoms with van der Waals surface area (Å²) < 4.78 is 0. The second kappa shape index (κ2) is 5.58. The number of nitrogen functional groups attached to an aromatic ring is 1. The maximum absolute atomic E-state index is 12.2. The van der Waals surface area contributed by atoms with Crippen LogP contribution in [-0.2, 0) is 0 Å². The van der Waals surface area contributed by atoms with Crippen LogP contribution in [0.3, 0.4) is 0 Å². The molecule has 0 fully saturated rings. The largest absolute Gasteiger partial charge is 0.369 e. The Labute approximate surface area is 137 Å². The first-order chi connectivity index (χ1) is 11.7. The number of benzene rings is 2. The maximum Gasteiger partial charge on any atom is 0.280 e. The number of hydrogen-bond acceptors (Lipinski definition) is 5. The summed E-state index contributed by atoms with van der Waals surface area (Å²) in [6, 6.07) is 19.3. The highest BCUT2D eigenvalue weighted by molar-refractivity contribution is 5.84. The van der Waals surface area contributed by atoms with Gasteiger partial charge in [0, 0.05) is 11.1 Å². The summed E-state index contributed by atoms with van der Waals surface area (Å²) in [6.07, 6.45) is 0. The van der Waals surface area contributed by atoms with E-state index in [2.05, 4.69) is 19.9 Å². The van der Waals surface area contributed by atoms with Crippen LogP contribution in [-0.4, -0.2) is 19.9 Å². The molecule has 6 nitrogen and oxygen atoms in total. The summed E-state index contributed by atoms with van der Waals surface area (Å²) in [4.78, 5) is 27.8. The number of nitrogens with two attached hydrogens (primary N) is 1. The number of rotatable bonds is 2. The molecule has 4 rings (SSSR count). The highest BCUT2D eigenvalue weighted by Gasteiger charge is 2.15. The van der Waals surface area contributed by atoms with Crippen LogP contribution in [0.1, 0.15) is 0 Å². The van der Waals surface area contributed by atoms with Crippen molar-refractivity contribution < 1.29 is 0 Å². The van der Waals surface area contributed by atoms with Gasteiger partial charge in [0.2, 0.25) is 5.95 Å². The van der Waals surface area contributed by atoms with Crippen LogP contribution in [0.2, 0.25) is 0 Å². The summed E-state index contributed by atoms with van der Waals surface area (Å²) in [5.41, 5.74) is 8.69. The number of anilines is 1. The Morgan fingerprint density at radius 2 is 1.29 bits per heavy atom. The van der Waals surface area contributed by atoms with E-state index in [1.165, 1.54) is 0 Å². The van der Waals surface area contributed by atoms with Crippen molar-refractivity contribution in [2.45, 2.75) is 0 Å². The van der Waals surface area contributed by atoms with Gasteiger partial charge in [-0.2, -0.15) is 4.98 Å². The van der Waals surface area contributed by atoms with Gasteiger partial charge >= 0.3 is 0 Å². The molecule has 0 aliphatic heterocycles. The van der Waals surface area contributed by atoms with E-state index >= 15 is 0 Å². The van der Waals surface area contributed by atoms with E-state index in [0.29, 0.717) is 11.4 Å². The van der Waals surface area contributed by atoms with Crippen LogP contribution in [0.5, 0.6) is 0 Å². The van der Waals surface area contributed by atoms with Crippen LogP contribution in [0.4, 0.5) is 5.95 Å². The molecule has 0 aliphatic rings. The number of aromatic nitrogens is 4. The molecule has 24 heavy (non-hydrogen) atoms. The van der Waals surface area contributed by atoms with E-state index in [-0.39, 0.29) is 17.1 Å². The Kier molecular flexibility index (Phi) is 3.28. The molecule has 0 saturated carbocycles. The van der Waals surface area contributed by atoms with Gasteiger partial charge in [-0.1, -0.05) is 60.7 Å². The number of hydrogen-bond donors (Lipinski definition) is 2. The summed E-state index contributed by atoms with van der Waals surface area (Å²) in [5, 5.41) is 0. The predicted octanol–water partition coefficient (Wildman–Crippen LogP) is 2.63. The lowest BCUT2D eigenvalue weighted by Crippen LogP contribution is -2.14. The third-order valence-electron chi connectivity index (χ3n) is 3.65. The minimum absolute atomic E-state index is 0.0215. The Morgan fingerprint density at radius 3 is 1.88 bits per heavy atom. The van der Waals surface area contributed by atoms with Crippen molar-refractivity contribution in [1.82, 2.24) is 19.9 Å². The van der Waals surface area contributed by atoms with Crippen molar-refractivity contribution >= 4 is 17.1 Å². The zero-order valence-electron chi connectivity index (χ0n) is 12.6. The first-order valence-electron chi connectivity index (χ1n) is 7.41. The molecule has 0 bridgehead atoms. The topological polar surface area (TPSA) is 97.5 Å². The molecular formula is C18H13N5O. The molecule has 0 saturated heterocycles. The molecule has 4 aromatic rings. The summed E-state index contributed by atoms with van der Waals surface area (Å²) >= 11 is 0. The highest BCUT2D eigenvalue weighted by atomic mass is 16.1. The molecule has 3 N–H and O–H groups in total. The van der Waals surface area contributed by atoms with Crippen LogP contribution < -0.4 is 11.3 Å². The zero-order valence-corrected chi connectivity index (χ0v) is 12.6. The standard InChI is InChI=1S/C18H13N5O/c19-18-22-16-15(17(24)23-18)20-13(11-7-3-1-4-8-11)14(21-16)12-9-5-2-6-10-12/h1-10H,(H3,19,21,22,23,24). The van der Waals surface area contributed by atoms with Crippen LogP contribution >= 0.6 is 0 Å². The van der Waals surface area contributed by atoms with E-state index < -0.39 is 5.56 Å². The number of nitrogens with zero attached hydrogens (tertiary/aromatic N) is 3. The van der Waals surface area contributed by atoms with Gasteiger partial charge in [-0.15, -0.1) is 0 Å². The second-order valence-electron chi connectivity index (χ2n) is 5.28. The van der Waals surface area contributed by atoms with Crippen LogP contribution in [0.15, 0.2) is 65.5 Å². The molecule has 0 unspecified atom stereocenters. The molecular weight excluding hydrogens is 302 g/mol. The monoisotopic (exact) mass is 315 g/mol. The molecule has 0 atom stereocenters. The molecule has 6 heteroatoms. The fourth-order valence-corrected chi connectivity index (χ4v) is 2.57. The van der Waals surface area contributed by atoms with Gasteiger partial charge in [0.15, 0.2) is 11.2 Å². The molecule has 0 amide bonds. The third-order valence-corrected chi connectivity index (χ3v) is 3.65. The van der Waals surface area contributed by atoms with Crippen molar-refractivity contribution in [3.8, 4) is 22.5 Å². The van der Waals surface area contributed by atoms with Gasteiger partial charge in [0.1, 0.15) is 0 Å². The molecule has 0 spiro atoms. The number of fused-ring (bicyclic) bond motifs is 1. The first kappa shape index (κ1) is 14.1. The minimum atomic E-state index is -0.401. The Hall–Kier alpha value is -3.54. The molecule has 2 heterocycles. The van der Waals surface area contributed by atoms with Crippen molar-refractivity contribution in [1.29, 1.82) is 0 Å². The van der Waals surface area contributed by atoms with Crippen molar-refractivity contribution in [3.05, 3.63) is 71.0 Å². The van der Waals surface area contributed by atoms with Crippen LogP contribution in [0, 0.1) is 0 Å².